The molecule has 0 aliphatic carbocycles. The number of aromatic nitrogens is 1. The highest BCUT2D eigenvalue weighted by molar-refractivity contribution is 5.97. The number of ether oxygens (including phenoxy) is 1. The first-order valence-electron chi connectivity index (χ1n) is 6.64. The molecule has 0 fully saturated rings. The third-order valence-corrected chi connectivity index (χ3v) is 2.67. The summed E-state index contributed by atoms with van der Waals surface area (Å²) in [7, 11) is 0. The summed E-state index contributed by atoms with van der Waals surface area (Å²) in [5.74, 6) is -1.45. The highest BCUT2D eigenvalue weighted by atomic mass is 16.5. The van der Waals surface area contributed by atoms with Crippen molar-refractivity contribution in [2.24, 2.45) is 0 Å². The zero-order valence-electron chi connectivity index (χ0n) is 12.4. The van der Waals surface area contributed by atoms with Crippen LogP contribution in [0.15, 0.2) is 24.4 Å². The molecule has 0 spiro atoms. The van der Waals surface area contributed by atoms with E-state index in [4.69, 9.17) is 9.84 Å². The van der Waals surface area contributed by atoms with Gasteiger partial charge in [0.05, 0.1) is 5.60 Å². The molecule has 114 valence electrons. The molecule has 0 aromatic carbocycles. The molecule has 1 aromatic rings. The van der Waals surface area contributed by atoms with Gasteiger partial charge in [0, 0.05) is 31.0 Å². The fraction of sp³-hybridized carbons (Fsp3) is 0.400. The molecule has 1 aromatic heterocycles. The van der Waals surface area contributed by atoms with Crippen LogP contribution in [0, 0.1) is 0 Å². The predicted molar refractivity (Wildman–Crippen MR) is 78.9 cm³/mol. The van der Waals surface area contributed by atoms with Gasteiger partial charge in [0.25, 0.3) is 5.91 Å². The smallest absolute Gasteiger partial charge is 0.328 e. The summed E-state index contributed by atoms with van der Waals surface area (Å²) in [4.78, 5) is 26.7. The third-order valence-electron chi connectivity index (χ3n) is 2.67. The second kappa shape index (κ2) is 7.54. The number of amides is 1. The molecule has 0 bridgehead atoms. The van der Waals surface area contributed by atoms with Gasteiger partial charge in [0.2, 0.25) is 0 Å². The van der Waals surface area contributed by atoms with E-state index < -0.39 is 11.6 Å². The molecule has 0 aliphatic heterocycles. The molecule has 21 heavy (non-hydrogen) atoms. The van der Waals surface area contributed by atoms with Gasteiger partial charge in [-0.25, -0.2) is 4.79 Å². The molecule has 0 unspecified atom stereocenters. The van der Waals surface area contributed by atoms with E-state index >= 15 is 0 Å². The maximum absolute atomic E-state index is 12.2. The predicted octanol–water partition coefficient (Wildman–Crippen LogP) is 1.72. The van der Waals surface area contributed by atoms with Gasteiger partial charge in [-0.05, 0) is 32.9 Å². The zero-order chi connectivity index (χ0) is 15.9. The van der Waals surface area contributed by atoms with Gasteiger partial charge in [0.1, 0.15) is 5.69 Å². The number of aliphatic carboxylic acids is 1. The molecule has 6 heteroatoms. The Labute approximate surface area is 123 Å². The van der Waals surface area contributed by atoms with Crippen LogP contribution in [0.2, 0.25) is 0 Å². The van der Waals surface area contributed by atoms with Crippen LogP contribution in [-0.4, -0.2) is 40.7 Å². The van der Waals surface area contributed by atoms with Gasteiger partial charge in [-0.2, -0.15) is 0 Å². The van der Waals surface area contributed by atoms with Gasteiger partial charge >= 0.3 is 5.97 Å². The van der Waals surface area contributed by atoms with Gasteiger partial charge in [-0.1, -0.05) is 6.07 Å². The van der Waals surface area contributed by atoms with Crippen molar-refractivity contribution >= 4 is 18.0 Å². The Bertz CT molecular complexity index is 538. The van der Waals surface area contributed by atoms with Crippen LogP contribution < -0.4 is 5.32 Å². The zero-order valence-corrected chi connectivity index (χ0v) is 12.4. The number of carboxylic acids is 1. The van der Waals surface area contributed by atoms with Crippen LogP contribution in [-0.2, 0) is 9.53 Å². The van der Waals surface area contributed by atoms with Crippen LogP contribution in [0.3, 0.4) is 0 Å². The van der Waals surface area contributed by atoms with Crippen LogP contribution in [0.4, 0.5) is 0 Å². The molecule has 1 amide bonds. The lowest BCUT2D eigenvalue weighted by atomic mass is 10.1. The number of nitrogens with zero attached hydrogens (tertiary/aromatic N) is 1. The van der Waals surface area contributed by atoms with Crippen LogP contribution in [0.1, 0.15) is 36.8 Å². The number of carboxylic acid groups (broad SMARTS) is 1. The van der Waals surface area contributed by atoms with E-state index in [9.17, 15) is 9.59 Å². The Morgan fingerprint density at radius 1 is 1.48 bits per heavy atom. The molecule has 0 atom stereocenters. The maximum Gasteiger partial charge on any atom is 0.328 e. The van der Waals surface area contributed by atoms with Crippen LogP contribution in [0.5, 0.6) is 0 Å². The van der Waals surface area contributed by atoms with Gasteiger partial charge in [0.15, 0.2) is 0 Å². The molecular weight excluding hydrogens is 272 g/mol. The minimum absolute atomic E-state index is 0.183. The standard InChI is InChI=1S/C15H20N2O4/c1-4-21-15(2,3)10-17-14(20)13-11(6-5-9-16-13)7-8-12(18)19/h5-9H,4,10H2,1-3H3,(H,17,20)(H,18,19)/b8-7+. The molecule has 2 N–H and O–H groups in total. The fourth-order valence-corrected chi connectivity index (χ4v) is 1.72. The van der Waals surface area contributed by atoms with Crippen molar-refractivity contribution in [1.29, 1.82) is 0 Å². The Balaban J connectivity index is 2.81. The highest BCUT2D eigenvalue weighted by Crippen LogP contribution is 2.10. The Kier molecular flexibility index (Phi) is 6.05. The molecular formula is C15H20N2O4. The van der Waals surface area contributed by atoms with Crippen molar-refractivity contribution in [3.8, 4) is 0 Å². The summed E-state index contributed by atoms with van der Waals surface area (Å²) in [5, 5.41) is 11.4. The first kappa shape index (κ1) is 16.8. The lowest BCUT2D eigenvalue weighted by Crippen LogP contribution is -2.40. The molecule has 1 heterocycles. The molecule has 0 aliphatic rings. The van der Waals surface area contributed by atoms with Gasteiger partial charge in [-0.3, -0.25) is 9.78 Å². The monoisotopic (exact) mass is 292 g/mol. The van der Waals surface area contributed by atoms with E-state index in [1.165, 1.54) is 12.3 Å². The summed E-state index contributed by atoms with van der Waals surface area (Å²) in [6, 6.07) is 3.28. The van der Waals surface area contributed by atoms with Crippen molar-refractivity contribution < 1.29 is 19.4 Å². The van der Waals surface area contributed by atoms with E-state index in [-0.39, 0.29) is 11.6 Å². The topological polar surface area (TPSA) is 88.5 Å². The van der Waals surface area contributed by atoms with Crippen molar-refractivity contribution in [3.63, 3.8) is 0 Å². The van der Waals surface area contributed by atoms with Gasteiger partial charge in [-0.15, -0.1) is 0 Å². The number of rotatable bonds is 7. The van der Waals surface area contributed by atoms with E-state index in [2.05, 4.69) is 10.3 Å². The number of carbonyl (C=O) groups is 2. The number of carbonyl (C=O) groups excluding carboxylic acids is 1. The van der Waals surface area contributed by atoms with Crippen molar-refractivity contribution in [3.05, 3.63) is 35.7 Å². The first-order valence-corrected chi connectivity index (χ1v) is 6.64. The second-order valence-corrected chi connectivity index (χ2v) is 4.99. The summed E-state index contributed by atoms with van der Waals surface area (Å²) in [5.41, 5.74) is 0.157. The summed E-state index contributed by atoms with van der Waals surface area (Å²) in [6.07, 6.45) is 3.80. The average Bonchev–Trinajstić information content (AvgIpc) is 2.43. The first-order chi connectivity index (χ1) is 9.85. The minimum Gasteiger partial charge on any atom is -0.478 e. The Hall–Kier alpha value is -2.21. The highest BCUT2D eigenvalue weighted by Gasteiger charge is 2.20. The molecule has 1 rings (SSSR count). The van der Waals surface area contributed by atoms with E-state index in [0.717, 1.165) is 6.08 Å². The lowest BCUT2D eigenvalue weighted by Gasteiger charge is -2.24. The minimum atomic E-state index is -1.08. The molecule has 0 radical (unpaired) electrons. The van der Waals surface area contributed by atoms with Gasteiger partial charge < -0.3 is 15.2 Å². The fourth-order valence-electron chi connectivity index (χ4n) is 1.72. The maximum atomic E-state index is 12.2. The number of pyridine rings is 1. The van der Waals surface area contributed by atoms with Crippen molar-refractivity contribution in [2.45, 2.75) is 26.4 Å². The molecule has 0 saturated carbocycles. The summed E-state index contributed by atoms with van der Waals surface area (Å²) < 4.78 is 5.50. The van der Waals surface area contributed by atoms with Crippen molar-refractivity contribution in [2.75, 3.05) is 13.2 Å². The summed E-state index contributed by atoms with van der Waals surface area (Å²) in [6.45, 7) is 6.52. The number of hydrogen-bond acceptors (Lipinski definition) is 4. The Morgan fingerprint density at radius 2 is 2.19 bits per heavy atom. The second-order valence-electron chi connectivity index (χ2n) is 4.99. The lowest BCUT2D eigenvalue weighted by molar-refractivity contribution is -0.131. The van der Waals surface area contributed by atoms with E-state index in [1.807, 2.05) is 20.8 Å². The quantitative estimate of drug-likeness (QED) is 0.747. The largest absolute Gasteiger partial charge is 0.478 e. The summed E-state index contributed by atoms with van der Waals surface area (Å²) >= 11 is 0. The SMILES string of the molecule is CCOC(C)(C)CNC(=O)c1ncccc1/C=C/C(=O)O. The van der Waals surface area contributed by atoms with Crippen molar-refractivity contribution in [1.82, 2.24) is 10.3 Å². The number of nitrogens with one attached hydrogen (secondary N) is 1. The number of hydrogen-bond donors (Lipinski definition) is 2. The third kappa shape index (κ3) is 5.74. The average molecular weight is 292 g/mol. The van der Waals surface area contributed by atoms with E-state index in [1.54, 1.807) is 12.1 Å². The Morgan fingerprint density at radius 3 is 2.81 bits per heavy atom. The normalized spacial score (nSPS) is 11.6. The van der Waals surface area contributed by atoms with E-state index in [0.29, 0.717) is 18.7 Å². The molecule has 0 saturated heterocycles. The van der Waals surface area contributed by atoms with Crippen LogP contribution in [0.25, 0.3) is 6.08 Å². The van der Waals surface area contributed by atoms with Crippen LogP contribution >= 0.6 is 0 Å². The molecule has 6 nitrogen and oxygen atoms in total.